The van der Waals surface area contributed by atoms with E-state index in [-0.39, 0.29) is 6.61 Å². The second-order valence-electron chi connectivity index (χ2n) is 3.93. The maximum absolute atomic E-state index is 9.23. The molecule has 1 N–H and O–H groups in total. The molecule has 1 aromatic carbocycles. The summed E-state index contributed by atoms with van der Waals surface area (Å²) < 4.78 is 13.3. The van der Waals surface area contributed by atoms with Gasteiger partial charge in [0.25, 0.3) is 0 Å². The van der Waals surface area contributed by atoms with Crippen LogP contribution in [0.15, 0.2) is 28.7 Å². The molecule has 0 unspecified atom stereocenters. The van der Waals surface area contributed by atoms with Crippen LogP contribution >= 0.6 is 15.9 Å². The van der Waals surface area contributed by atoms with Crippen molar-refractivity contribution in [1.82, 2.24) is 9.78 Å². The van der Waals surface area contributed by atoms with Crippen LogP contribution in [-0.2, 0) is 20.3 Å². The molecule has 19 heavy (non-hydrogen) atoms. The molecule has 0 aliphatic heterocycles. The molecule has 1 aromatic heterocycles. The SMILES string of the molecule is COc1ccccc1OCc1nn(C)c(CO)c1Br. The minimum atomic E-state index is -0.0707. The van der Waals surface area contributed by atoms with Gasteiger partial charge in [-0.25, -0.2) is 0 Å². The van der Waals surface area contributed by atoms with Crippen LogP contribution in [0.25, 0.3) is 0 Å². The first kappa shape index (κ1) is 13.9. The summed E-state index contributed by atoms with van der Waals surface area (Å²) in [7, 11) is 3.38. The second kappa shape index (κ2) is 6.08. The zero-order valence-corrected chi connectivity index (χ0v) is 12.3. The lowest BCUT2D eigenvalue weighted by atomic mass is 10.3. The number of halogens is 1. The third-order valence-electron chi connectivity index (χ3n) is 2.75. The number of aryl methyl sites for hydroxylation is 1. The van der Waals surface area contributed by atoms with Gasteiger partial charge in [0.05, 0.1) is 23.9 Å². The van der Waals surface area contributed by atoms with Gasteiger partial charge in [-0.15, -0.1) is 0 Å². The molecule has 0 aliphatic carbocycles. The fraction of sp³-hybridized carbons (Fsp3) is 0.308. The van der Waals surface area contributed by atoms with Gasteiger partial charge >= 0.3 is 0 Å². The lowest BCUT2D eigenvalue weighted by Gasteiger charge is -2.09. The zero-order chi connectivity index (χ0) is 13.8. The molecule has 0 spiro atoms. The molecule has 6 heteroatoms. The molecule has 0 radical (unpaired) electrons. The lowest BCUT2D eigenvalue weighted by Crippen LogP contribution is -2.00. The number of ether oxygens (including phenoxy) is 2. The Hall–Kier alpha value is -1.53. The van der Waals surface area contributed by atoms with Crippen molar-refractivity contribution in [1.29, 1.82) is 0 Å². The predicted molar refractivity (Wildman–Crippen MR) is 74.2 cm³/mol. The van der Waals surface area contributed by atoms with Crippen molar-refractivity contribution in [2.75, 3.05) is 7.11 Å². The van der Waals surface area contributed by atoms with E-state index in [2.05, 4.69) is 21.0 Å². The van der Waals surface area contributed by atoms with Crippen LogP contribution in [0.3, 0.4) is 0 Å². The number of aromatic nitrogens is 2. The molecule has 102 valence electrons. The summed E-state index contributed by atoms with van der Waals surface area (Å²) in [5.41, 5.74) is 1.45. The van der Waals surface area contributed by atoms with E-state index in [1.54, 1.807) is 18.8 Å². The van der Waals surface area contributed by atoms with Crippen molar-refractivity contribution in [2.24, 2.45) is 7.05 Å². The van der Waals surface area contributed by atoms with Crippen LogP contribution in [-0.4, -0.2) is 22.0 Å². The van der Waals surface area contributed by atoms with Gasteiger partial charge < -0.3 is 14.6 Å². The normalized spacial score (nSPS) is 10.5. The molecule has 1 heterocycles. The summed E-state index contributed by atoms with van der Waals surface area (Å²) in [6.07, 6.45) is 0. The summed E-state index contributed by atoms with van der Waals surface area (Å²) in [6.45, 7) is 0.230. The highest BCUT2D eigenvalue weighted by atomic mass is 79.9. The van der Waals surface area contributed by atoms with Gasteiger partial charge in [0.2, 0.25) is 0 Å². The number of benzene rings is 1. The van der Waals surface area contributed by atoms with E-state index in [1.807, 2.05) is 24.3 Å². The number of hydrogen-bond donors (Lipinski definition) is 1. The standard InChI is InChI=1S/C13H15BrN2O3/c1-16-10(7-17)13(14)9(15-16)8-19-12-6-4-3-5-11(12)18-2/h3-6,17H,7-8H2,1-2H3. The van der Waals surface area contributed by atoms with Gasteiger partial charge in [-0.3, -0.25) is 4.68 Å². The lowest BCUT2D eigenvalue weighted by molar-refractivity contribution is 0.270. The van der Waals surface area contributed by atoms with E-state index in [0.717, 1.165) is 15.9 Å². The molecule has 0 bridgehead atoms. The average molecular weight is 327 g/mol. The number of para-hydroxylation sites is 2. The number of hydrogen-bond acceptors (Lipinski definition) is 4. The van der Waals surface area contributed by atoms with Crippen molar-refractivity contribution in [3.63, 3.8) is 0 Å². The Morgan fingerprint density at radius 2 is 2.00 bits per heavy atom. The van der Waals surface area contributed by atoms with Crippen LogP contribution in [0.5, 0.6) is 11.5 Å². The van der Waals surface area contributed by atoms with E-state index < -0.39 is 0 Å². The first-order valence-electron chi connectivity index (χ1n) is 5.74. The van der Waals surface area contributed by atoms with Crippen LogP contribution in [0.1, 0.15) is 11.4 Å². The summed E-state index contributed by atoms with van der Waals surface area (Å²) in [5, 5.41) is 13.5. The van der Waals surface area contributed by atoms with Gasteiger partial charge in [0.15, 0.2) is 11.5 Å². The third kappa shape index (κ3) is 2.90. The largest absolute Gasteiger partial charge is 0.493 e. The van der Waals surface area contributed by atoms with Crippen molar-refractivity contribution in [3.8, 4) is 11.5 Å². The molecule has 0 aliphatic rings. The van der Waals surface area contributed by atoms with Crippen molar-refractivity contribution in [2.45, 2.75) is 13.2 Å². The Bertz CT molecular complexity index is 569. The molecule has 5 nitrogen and oxygen atoms in total. The number of aliphatic hydroxyl groups is 1. The maximum Gasteiger partial charge on any atom is 0.161 e. The highest BCUT2D eigenvalue weighted by molar-refractivity contribution is 9.10. The van der Waals surface area contributed by atoms with E-state index >= 15 is 0 Å². The van der Waals surface area contributed by atoms with Gasteiger partial charge in [0.1, 0.15) is 12.3 Å². The molecular formula is C13H15BrN2O3. The van der Waals surface area contributed by atoms with Gasteiger partial charge in [-0.05, 0) is 28.1 Å². The van der Waals surface area contributed by atoms with E-state index in [0.29, 0.717) is 18.1 Å². The topological polar surface area (TPSA) is 56.5 Å². The minimum Gasteiger partial charge on any atom is -0.493 e. The Balaban J connectivity index is 2.15. The van der Waals surface area contributed by atoms with Crippen LogP contribution in [0.2, 0.25) is 0 Å². The molecule has 0 amide bonds. The molecule has 0 saturated heterocycles. The first-order chi connectivity index (χ1) is 9.17. The maximum atomic E-state index is 9.23. The molecule has 0 fully saturated rings. The fourth-order valence-corrected chi connectivity index (χ4v) is 2.32. The molecule has 0 atom stereocenters. The predicted octanol–water partition coefficient (Wildman–Crippen LogP) is 2.26. The second-order valence-corrected chi connectivity index (χ2v) is 4.72. The third-order valence-corrected chi connectivity index (χ3v) is 3.67. The summed E-state index contributed by atoms with van der Waals surface area (Å²) in [6, 6.07) is 7.43. The van der Waals surface area contributed by atoms with Crippen molar-refractivity contribution >= 4 is 15.9 Å². The van der Waals surface area contributed by atoms with Crippen molar-refractivity contribution < 1.29 is 14.6 Å². The summed E-state index contributed by atoms with van der Waals surface area (Å²) >= 11 is 3.42. The van der Waals surface area contributed by atoms with E-state index in [4.69, 9.17) is 9.47 Å². The van der Waals surface area contributed by atoms with Crippen LogP contribution in [0.4, 0.5) is 0 Å². The first-order valence-corrected chi connectivity index (χ1v) is 6.53. The number of nitrogens with zero attached hydrogens (tertiary/aromatic N) is 2. The van der Waals surface area contributed by atoms with E-state index in [9.17, 15) is 5.11 Å². The van der Waals surface area contributed by atoms with Gasteiger partial charge in [0, 0.05) is 7.05 Å². The van der Waals surface area contributed by atoms with Gasteiger partial charge in [-0.1, -0.05) is 12.1 Å². The highest BCUT2D eigenvalue weighted by Crippen LogP contribution is 2.28. The molecule has 0 saturated carbocycles. The van der Waals surface area contributed by atoms with Gasteiger partial charge in [-0.2, -0.15) is 5.10 Å². The Morgan fingerprint density at radius 3 is 2.58 bits per heavy atom. The molecule has 2 aromatic rings. The fourth-order valence-electron chi connectivity index (χ4n) is 1.74. The quantitative estimate of drug-likeness (QED) is 0.915. The average Bonchev–Trinajstić information content (AvgIpc) is 2.71. The molecular weight excluding hydrogens is 312 g/mol. The smallest absolute Gasteiger partial charge is 0.161 e. The summed E-state index contributed by atoms with van der Waals surface area (Å²) in [4.78, 5) is 0. The monoisotopic (exact) mass is 326 g/mol. The van der Waals surface area contributed by atoms with Crippen LogP contribution < -0.4 is 9.47 Å². The number of aliphatic hydroxyl groups excluding tert-OH is 1. The molecule has 2 rings (SSSR count). The Labute approximate surface area is 119 Å². The number of methoxy groups -OCH3 is 1. The van der Waals surface area contributed by atoms with E-state index in [1.165, 1.54) is 0 Å². The highest BCUT2D eigenvalue weighted by Gasteiger charge is 2.14. The summed E-state index contributed by atoms with van der Waals surface area (Å²) in [5.74, 6) is 1.34. The Morgan fingerprint density at radius 1 is 1.32 bits per heavy atom. The van der Waals surface area contributed by atoms with Crippen molar-refractivity contribution in [3.05, 3.63) is 40.1 Å². The number of rotatable bonds is 5. The Kier molecular flexibility index (Phi) is 4.44. The zero-order valence-electron chi connectivity index (χ0n) is 10.8. The minimum absolute atomic E-state index is 0.0707. The van der Waals surface area contributed by atoms with Crippen LogP contribution in [0, 0.1) is 0 Å².